The van der Waals surface area contributed by atoms with Crippen LogP contribution in [-0.4, -0.2) is 46.6 Å². The van der Waals surface area contributed by atoms with Crippen LogP contribution in [0.25, 0.3) is 0 Å². The molecule has 0 unspecified atom stereocenters. The Kier molecular flexibility index (Phi) is 4.62. The van der Waals surface area contributed by atoms with Gasteiger partial charge in [-0.1, -0.05) is 12.1 Å². The number of imidazole rings is 1. The molecule has 122 valence electrons. The molecule has 2 atom stereocenters. The zero-order valence-electron chi connectivity index (χ0n) is 13.4. The van der Waals surface area contributed by atoms with Gasteiger partial charge in [0.15, 0.2) is 0 Å². The molecule has 1 amide bonds. The molecule has 6 nitrogen and oxygen atoms in total. The fourth-order valence-corrected chi connectivity index (χ4v) is 2.81. The van der Waals surface area contributed by atoms with Crippen molar-refractivity contribution in [2.24, 2.45) is 0 Å². The monoisotopic (exact) mass is 315 g/mol. The molecule has 0 bridgehead atoms. The van der Waals surface area contributed by atoms with Crippen LogP contribution in [0.3, 0.4) is 0 Å². The minimum atomic E-state index is -0.472. The number of carbonyl (C=O) groups excluding carboxylic acids is 1. The topological polar surface area (TPSA) is 67.5 Å². The van der Waals surface area contributed by atoms with Crippen molar-refractivity contribution in [1.29, 1.82) is 0 Å². The summed E-state index contributed by atoms with van der Waals surface area (Å²) in [7, 11) is 1.64. The molecule has 2 aromatic rings. The SMILES string of the molecule is COc1ccc(CN2C[C@@H](C)O[C@H](Cc3c[nH]cn3)C2=O)cc1. The number of methoxy groups -OCH3 is 1. The fraction of sp³-hybridized carbons (Fsp3) is 0.412. The third kappa shape index (κ3) is 3.71. The van der Waals surface area contributed by atoms with Gasteiger partial charge >= 0.3 is 0 Å². The van der Waals surface area contributed by atoms with Gasteiger partial charge in [0.25, 0.3) is 5.91 Å². The van der Waals surface area contributed by atoms with E-state index in [1.165, 1.54) is 0 Å². The molecule has 1 N–H and O–H groups in total. The summed E-state index contributed by atoms with van der Waals surface area (Å²) in [5.41, 5.74) is 1.91. The summed E-state index contributed by atoms with van der Waals surface area (Å²) in [6.45, 7) is 3.17. The number of aromatic nitrogens is 2. The number of nitrogens with one attached hydrogen (secondary N) is 1. The van der Waals surface area contributed by atoms with Crippen LogP contribution in [0.1, 0.15) is 18.2 Å². The number of amides is 1. The van der Waals surface area contributed by atoms with Gasteiger partial charge in [0.05, 0.1) is 25.2 Å². The van der Waals surface area contributed by atoms with E-state index in [0.29, 0.717) is 19.5 Å². The standard InChI is InChI=1S/C17H21N3O3/c1-12-9-20(10-13-3-5-15(22-2)6-4-13)17(21)16(23-12)7-14-8-18-11-19-14/h3-6,8,11-12,16H,7,9-10H2,1-2H3,(H,18,19)/t12-,16-/m1/s1. The van der Waals surface area contributed by atoms with E-state index >= 15 is 0 Å². The minimum absolute atomic E-state index is 0.00916. The number of hydrogen-bond donors (Lipinski definition) is 1. The van der Waals surface area contributed by atoms with E-state index in [-0.39, 0.29) is 12.0 Å². The van der Waals surface area contributed by atoms with Crippen LogP contribution in [0.2, 0.25) is 0 Å². The van der Waals surface area contributed by atoms with Gasteiger partial charge < -0.3 is 19.4 Å². The summed E-state index contributed by atoms with van der Waals surface area (Å²) >= 11 is 0. The Hall–Kier alpha value is -2.34. The predicted octanol–water partition coefficient (Wildman–Crippen LogP) is 1.78. The van der Waals surface area contributed by atoms with Gasteiger partial charge in [-0.25, -0.2) is 4.98 Å². The lowest BCUT2D eigenvalue weighted by Crippen LogP contribution is -2.51. The van der Waals surface area contributed by atoms with Gasteiger partial charge in [0.2, 0.25) is 0 Å². The first-order valence-corrected chi connectivity index (χ1v) is 7.70. The number of carbonyl (C=O) groups is 1. The number of hydrogen-bond acceptors (Lipinski definition) is 4. The molecule has 23 heavy (non-hydrogen) atoms. The second-order valence-corrected chi connectivity index (χ2v) is 5.77. The number of H-pyrrole nitrogens is 1. The van der Waals surface area contributed by atoms with E-state index in [0.717, 1.165) is 17.0 Å². The normalized spacial score (nSPS) is 21.5. The van der Waals surface area contributed by atoms with Crippen LogP contribution < -0.4 is 4.74 Å². The maximum absolute atomic E-state index is 12.7. The average Bonchev–Trinajstić information content (AvgIpc) is 3.05. The third-order valence-electron chi connectivity index (χ3n) is 3.94. The van der Waals surface area contributed by atoms with E-state index in [1.54, 1.807) is 19.6 Å². The predicted molar refractivity (Wildman–Crippen MR) is 85.0 cm³/mol. The Morgan fingerprint density at radius 1 is 1.39 bits per heavy atom. The highest BCUT2D eigenvalue weighted by Gasteiger charge is 2.33. The van der Waals surface area contributed by atoms with Crippen molar-refractivity contribution in [3.8, 4) is 5.75 Å². The lowest BCUT2D eigenvalue weighted by atomic mass is 10.1. The van der Waals surface area contributed by atoms with Crippen molar-refractivity contribution >= 4 is 5.91 Å². The second-order valence-electron chi connectivity index (χ2n) is 5.77. The highest BCUT2D eigenvalue weighted by molar-refractivity contribution is 5.82. The van der Waals surface area contributed by atoms with Crippen LogP contribution in [-0.2, 0) is 22.5 Å². The van der Waals surface area contributed by atoms with Crippen LogP contribution in [0, 0.1) is 0 Å². The summed E-state index contributed by atoms with van der Waals surface area (Å²) in [5.74, 6) is 0.828. The zero-order chi connectivity index (χ0) is 16.2. The molecule has 0 saturated carbocycles. The van der Waals surface area contributed by atoms with E-state index in [4.69, 9.17) is 9.47 Å². The molecule has 0 aliphatic carbocycles. The van der Waals surface area contributed by atoms with Gasteiger partial charge in [-0.05, 0) is 24.6 Å². The van der Waals surface area contributed by atoms with Gasteiger partial charge in [0, 0.05) is 25.7 Å². The number of aromatic amines is 1. The average molecular weight is 315 g/mol. The van der Waals surface area contributed by atoms with Crippen molar-refractivity contribution < 1.29 is 14.3 Å². The number of nitrogens with zero attached hydrogens (tertiary/aromatic N) is 2. The molecule has 0 radical (unpaired) electrons. The highest BCUT2D eigenvalue weighted by Crippen LogP contribution is 2.19. The van der Waals surface area contributed by atoms with E-state index in [9.17, 15) is 4.79 Å². The maximum atomic E-state index is 12.7. The van der Waals surface area contributed by atoms with Crippen molar-refractivity contribution in [1.82, 2.24) is 14.9 Å². The molecule has 0 spiro atoms. The highest BCUT2D eigenvalue weighted by atomic mass is 16.5. The molecule has 1 saturated heterocycles. The summed E-state index contributed by atoms with van der Waals surface area (Å²) in [4.78, 5) is 21.6. The van der Waals surface area contributed by atoms with Crippen LogP contribution in [0.15, 0.2) is 36.8 Å². The third-order valence-corrected chi connectivity index (χ3v) is 3.94. The Bertz CT molecular complexity index is 640. The molecule has 3 rings (SSSR count). The second kappa shape index (κ2) is 6.83. The summed E-state index contributed by atoms with van der Waals surface area (Å²) in [6.07, 6.45) is 3.44. The van der Waals surface area contributed by atoms with E-state index in [2.05, 4.69) is 9.97 Å². The van der Waals surface area contributed by atoms with Gasteiger partial charge in [-0.2, -0.15) is 0 Å². The molecule has 2 heterocycles. The van der Waals surface area contributed by atoms with Crippen LogP contribution in [0.4, 0.5) is 0 Å². The van der Waals surface area contributed by atoms with Gasteiger partial charge in [-0.3, -0.25) is 4.79 Å². The molecular formula is C17H21N3O3. The number of rotatable bonds is 5. The van der Waals surface area contributed by atoms with Crippen molar-refractivity contribution in [3.63, 3.8) is 0 Å². The molecular weight excluding hydrogens is 294 g/mol. The Balaban J connectivity index is 1.68. The smallest absolute Gasteiger partial charge is 0.252 e. The Morgan fingerprint density at radius 2 is 2.17 bits per heavy atom. The van der Waals surface area contributed by atoms with Crippen molar-refractivity contribution in [3.05, 3.63) is 48.0 Å². The van der Waals surface area contributed by atoms with Gasteiger partial charge in [0.1, 0.15) is 11.9 Å². The van der Waals surface area contributed by atoms with E-state index in [1.807, 2.05) is 36.1 Å². The zero-order valence-corrected chi connectivity index (χ0v) is 13.4. The molecule has 1 aromatic carbocycles. The minimum Gasteiger partial charge on any atom is -0.497 e. The van der Waals surface area contributed by atoms with Gasteiger partial charge in [-0.15, -0.1) is 0 Å². The largest absolute Gasteiger partial charge is 0.497 e. The van der Waals surface area contributed by atoms with Crippen LogP contribution >= 0.6 is 0 Å². The lowest BCUT2D eigenvalue weighted by molar-refractivity contribution is -0.161. The summed E-state index contributed by atoms with van der Waals surface area (Å²) in [5, 5.41) is 0. The molecule has 1 aromatic heterocycles. The number of benzene rings is 1. The molecule has 1 aliphatic heterocycles. The Morgan fingerprint density at radius 3 is 2.83 bits per heavy atom. The first kappa shape index (κ1) is 15.6. The fourth-order valence-electron chi connectivity index (χ4n) is 2.81. The lowest BCUT2D eigenvalue weighted by Gasteiger charge is -2.36. The number of morpholine rings is 1. The first-order chi connectivity index (χ1) is 11.2. The molecule has 6 heteroatoms. The quantitative estimate of drug-likeness (QED) is 0.913. The Labute approximate surface area is 135 Å². The molecule has 1 fully saturated rings. The maximum Gasteiger partial charge on any atom is 0.252 e. The first-order valence-electron chi connectivity index (χ1n) is 7.70. The number of ether oxygens (including phenoxy) is 2. The van der Waals surface area contributed by atoms with Crippen LogP contribution in [0.5, 0.6) is 5.75 Å². The summed E-state index contributed by atoms with van der Waals surface area (Å²) in [6, 6.07) is 7.78. The van der Waals surface area contributed by atoms with Crippen molar-refractivity contribution in [2.45, 2.75) is 32.1 Å². The van der Waals surface area contributed by atoms with E-state index < -0.39 is 6.10 Å². The summed E-state index contributed by atoms with van der Waals surface area (Å²) < 4.78 is 11.0. The van der Waals surface area contributed by atoms with Crippen molar-refractivity contribution in [2.75, 3.05) is 13.7 Å². The molecule has 1 aliphatic rings.